The number of likely N-dealkylation sites (tertiary alicyclic amines) is 1. The Morgan fingerprint density at radius 1 is 1.45 bits per heavy atom. The van der Waals surface area contributed by atoms with Gasteiger partial charge in [-0.2, -0.15) is 0 Å². The van der Waals surface area contributed by atoms with Crippen LogP contribution in [0.15, 0.2) is 18.2 Å². The number of methoxy groups -OCH3 is 1. The van der Waals surface area contributed by atoms with E-state index in [4.69, 9.17) is 4.74 Å². The SMILES string of the molecule is CCC(O)C(=O)N1CCC[C@@H]2c3cccc(OC)c3CC[C@H]21. The van der Waals surface area contributed by atoms with Gasteiger partial charge in [0.05, 0.1) is 7.11 Å². The number of aliphatic hydroxyl groups is 1. The van der Waals surface area contributed by atoms with E-state index in [1.807, 2.05) is 24.0 Å². The summed E-state index contributed by atoms with van der Waals surface area (Å²) in [5.41, 5.74) is 2.63. The molecule has 2 aliphatic rings. The second-order valence-electron chi connectivity index (χ2n) is 6.34. The number of carbonyl (C=O) groups excluding carboxylic acids is 1. The van der Waals surface area contributed by atoms with Crippen LogP contribution >= 0.6 is 0 Å². The van der Waals surface area contributed by atoms with E-state index in [-0.39, 0.29) is 11.9 Å². The Bertz CT molecular complexity index is 557. The molecule has 1 N–H and O–H groups in total. The fourth-order valence-corrected chi connectivity index (χ4v) is 4.10. The van der Waals surface area contributed by atoms with Crippen LogP contribution in [-0.2, 0) is 11.2 Å². The summed E-state index contributed by atoms with van der Waals surface area (Å²) in [6, 6.07) is 6.47. The van der Waals surface area contributed by atoms with Crippen molar-refractivity contribution in [2.45, 2.75) is 57.1 Å². The molecule has 3 rings (SSSR count). The third-order valence-corrected chi connectivity index (χ3v) is 5.21. The van der Waals surface area contributed by atoms with Crippen molar-refractivity contribution >= 4 is 5.91 Å². The second-order valence-corrected chi connectivity index (χ2v) is 6.34. The number of aliphatic hydroxyl groups excluding tert-OH is 1. The van der Waals surface area contributed by atoms with Gasteiger partial charge in [0.15, 0.2) is 0 Å². The van der Waals surface area contributed by atoms with Crippen molar-refractivity contribution < 1.29 is 14.6 Å². The van der Waals surface area contributed by atoms with Crippen molar-refractivity contribution in [2.75, 3.05) is 13.7 Å². The highest BCUT2D eigenvalue weighted by atomic mass is 16.5. The molecule has 120 valence electrons. The van der Waals surface area contributed by atoms with Crippen LogP contribution in [-0.4, -0.2) is 41.7 Å². The molecule has 1 fully saturated rings. The highest BCUT2D eigenvalue weighted by molar-refractivity contribution is 5.81. The third kappa shape index (κ3) is 2.50. The van der Waals surface area contributed by atoms with Crippen molar-refractivity contribution in [3.8, 4) is 5.75 Å². The first kappa shape index (κ1) is 15.3. The number of ether oxygens (including phenoxy) is 1. The number of hydrogen-bond donors (Lipinski definition) is 1. The number of fused-ring (bicyclic) bond motifs is 3. The van der Waals surface area contributed by atoms with Gasteiger partial charge in [-0.25, -0.2) is 0 Å². The highest BCUT2D eigenvalue weighted by Crippen LogP contribution is 2.43. The van der Waals surface area contributed by atoms with Crippen molar-refractivity contribution in [3.05, 3.63) is 29.3 Å². The molecule has 22 heavy (non-hydrogen) atoms. The van der Waals surface area contributed by atoms with Crippen molar-refractivity contribution in [3.63, 3.8) is 0 Å². The lowest BCUT2D eigenvalue weighted by Crippen LogP contribution is -2.52. The fraction of sp³-hybridized carbons (Fsp3) is 0.611. The summed E-state index contributed by atoms with van der Waals surface area (Å²) in [5, 5.41) is 9.94. The number of benzene rings is 1. The third-order valence-electron chi connectivity index (χ3n) is 5.21. The molecule has 4 heteroatoms. The maximum absolute atomic E-state index is 12.5. The average molecular weight is 303 g/mol. The first-order chi connectivity index (χ1) is 10.7. The second kappa shape index (κ2) is 6.29. The lowest BCUT2D eigenvalue weighted by atomic mass is 9.74. The molecule has 3 atom stereocenters. The van der Waals surface area contributed by atoms with E-state index in [1.165, 1.54) is 11.1 Å². The minimum atomic E-state index is -0.856. The molecule has 1 aliphatic heterocycles. The van der Waals surface area contributed by atoms with Crippen molar-refractivity contribution in [1.82, 2.24) is 4.90 Å². The van der Waals surface area contributed by atoms with Crippen molar-refractivity contribution in [2.24, 2.45) is 0 Å². The Morgan fingerprint density at radius 3 is 3.00 bits per heavy atom. The molecular weight excluding hydrogens is 278 g/mol. The van der Waals surface area contributed by atoms with E-state index in [0.717, 1.165) is 38.0 Å². The van der Waals surface area contributed by atoms with Gasteiger partial charge in [0.25, 0.3) is 5.91 Å². The average Bonchev–Trinajstić information content (AvgIpc) is 2.58. The van der Waals surface area contributed by atoms with Gasteiger partial charge in [-0.1, -0.05) is 19.1 Å². The molecule has 1 amide bonds. The molecule has 1 unspecified atom stereocenters. The Kier molecular flexibility index (Phi) is 4.39. The molecule has 0 saturated carbocycles. The molecule has 0 spiro atoms. The van der Waals surface area contributed by atoms with Crippen LogP contribution in [0, 0.1) is 0 Å². The van der Waals surface area contributed by atoms with Gasteiger partial charge in [-0.15, -0.1) is 0 Å². The summed E-state index contributed by atoms with van der Waals surface area (Å²) >= 11 is 0. The van der Waals surface area contributed by atoms with Crippen LogP contribution in [0.2, 0.25) is 0 Å². The maximum Gasteiger partial charge on any atom is 0.251 e. The fourth-order valence-electron chi connectivity index (χ4n) is 4.10. The molecule has 1 aromatic rings. The Labute approximate surface area is 132 Å². The summed E-state index contributed by atoms with van der Waals surface area (Å²) in [4.78, 5) is 14.4. The van der Waals surface area contributed by atoms with E-state index in [9.17, 15) is 9.90 Å². The number of rotatable bonds is 3. The largest absolute Gasteiger partial charge is 0.496 e. The number of carbonyl (C=O) groups is 1. The van der Waals surface area contributed by atoms with Gasteiger partial charge in [-0.05, 0) is 49.3 Å². The number of amides is 1. The zero-order chi connectivity index (χ0) is 15.7. The van der Waals surface area contributed by atoms with Gasteiger partial charge in [0, 0.05) is 18.5 Å². The summed E-state index contributed by atoms with van der Waals surface area (Å²) in [5.74, 6) is 1.25. The van der Waals surface area contributed by atoms with Crippen LogP contribution < -0.4 is 4.74 Å². The molecule has 0 radical (unpaired) electrons. The quantitative estimate of drug-likeness (QED) is 0.933. The maximum atomic E-state index is 12.5. The molecule has 0 bridgehead atoms. The van der Waals surface area contributed by atoms with E-state index < -0.39 is 6.10 Å². The van der Waals surface area contributed by atoms with Gasteiger partial charge in [0.2, 0.25) is 0 Å². The van der Waals surface area contributed by atoms with Crippen LogP contribution in [0.3, 0.4) is 0 Å². The minimum absolute atomic E-state index is 0.0939. The van der Waals surface area contributed by atoms with Crippen LogP contribution in [0.4, 0.5) is 0 Å². The molecule has 0 aromatic heterocycles. The van der Waals surface area contributed by atoms with Gasteiger partial charge >= 0.3 is 0 Å². The number of piperidine rings is 1. The highest BCUT2D eigenvalue weighted by Gasteiger charge is 2.40. The van der Waals surface area contributed by atoms with Crippen molar-refractivity contribution in [1.29, 1.82) is 0 Å². The first-order valence-corrected chi connectivity index (χ1v) is 8.31. The predicted octanol–water partition coefficient (Wildman–Crippen LogP) is 2.49. The number of nitrogens with zero attached hydrogens (tertiary/aromatic N) is 1. The summed E-state index contributed by atoms with van der Waals surface area (Å²) in [6.07, 6.45) is 3.63. The zero-order valence-corrected chi connectivity index (χ0v) is 13.4. The summed E-state index contributed by atoms with van der Waals surface area (Å²) < 4.78 is 5.50. The lowest BCUT2D eigenvalue weighted by molar-refractivity contribution is -0.145. The van der Waals surface area contributed by atoms with E-state index in [2.05, 4.69) is 6.07 Å². The van der Waals surface area contributed by atoms with Crippen LogP contribution in [0.25, 0.3) is 0 Å². The number of hydrogen-bond acceptors (Lipinski definition) is 3. The summed E-state index contributed by atoms with van der Waals surface area (Å²) in [7, 11) is 1.72. The Balaban J connectivity index is 1.90. The zero-order valence-electron chi connectivity index (χ0n) is 13.4. The van der Waals surface area contributed by atoms with Gasteiger partial charge in [-0.3, -0.25) is 4.79 Å². The topological polar surface area (TPSA) is 49.8 Å². The van der Waals surface area contributed by atoms with Crippen LogP contribution in [0.5, 0.6) is 5.75 Å². The van der Waals surface area contributed by atoms with Gasteiger partial charge in [0.1, 0.15) is 11.9 Å². The lowest BCUT2D eigenvalue weighted by Gasteiger charge is -2.45. The molecule has 1 aliphatic carbocycles. The molecule has 1 heterocycles. The molecule has 1 saturated heterocycles. The molecule has 1 aromatic carbocycles. The van der Waals surface area contributed by atoms with E-state index in [0.29, 0.717) is 12.3 Å². The molecule has 4 nitrogen and oxygen atoms in total. The Hall–Kier alpha value is -1.55. The minimum Gasteiger partial charge on any atom is -0.496 e. The standard InChI is InChI=1S/C18H25NO3/c1-3-16(20)18(21)19-11-5-7-13-12-6-4-8-17(22-2)14(12)9-10-15(13)19/h4,6,8,13,15-16,20H,3,5,7,9-11H2,1-2H3/t13-,15-,16?/m1/s1. The van der Waals surface area contributed by atoms with E-state index >= 15 is 0 Å². The summed E-state index contributed by atoms with van der Waals surface area (Å²) in [6.45, 7) is 2.63. The normalized spacial score (nSPS) is 25.1. The Morgan fingerprint density at radius 2 is 2.27 bits per heavy atom. The predicted molar refractivity (Wildman–Crippen MR) is 85.1 cm³/mol. The van der Waals surface area contributed by atoms with E-state index in [1.54, 1.807) is 7.11 Å². The smallest absolute Gasteiger partial charge is 0.251 e. The molecular formula is C18H25NO3. The monoisotopic (exact) mass is 303 g/mol. The van der Waals surface area contributed by atoms with Gasteiger partial charge < -0.3 is 14.7 Å². The first-order valence-electron chi connectivity index (χ1n) is 8.31. The van der Waals surface area contributed by atoms with Crippen LogP contribution in [0.1, 0.15) is 49.7 Å².